The maximum absolute atomic E-state index is 7.56. The minimum Gasteiger partial charge on any atom is -0.501 e. The molecule has 0 aliphatic rings. The fraction of sp³-hybridized carbons (Fsp3) is 0.266. The van der Waals surface area contributed by atoms with Gasteiger partial charge in [0.2, 0.25) is 0 Å². The second-order valence-electron chi connectivity index (χ2n) is 21.8. The van der Waals surface area contributed by atoms with Crippen molar-refractivity contribution in [1.82, 2.24) is 19.5 Å². The molecule has 0 atom stereocenters. The smallest absolute Gasteiger partial charge is 0.120 e. The maximum atomic E-state index is 7.56. The average molecular weight is 1130 g/mol. The summed E-state index contributed by atoms with van der Waals surface area (Å²) in [4.78, 5) is 14.9. The normalized spacial score (nSPS) is 13.0. The van der Waals surface area contributed by atoms with Gasteiger partial charge in [0.1, 0.15) is 5.58 Å². The topological polar surface area (TPSA) is 56.7 Å². The van der Waals surface area contributed by atoms with Crippen molar-refractivity contribution in [3.63, 3.8) is 0 Å². The third kappa shape index (κ3) is 10.2. The van der Waals surface area contributed by atoms with Crippen molar-refractivity contribution in [1.29, 1.82) is 0 Å². The maximum Gasteiger partial charge on any atom is 0.120 e. The van der Waals surface area contributed by atoms with E-state index in [1.807, 2.05) is 36.7 Å². The van der Waals surface area contributed by atoms with Crippen LogP contribution in [-0.2, 0) is 30.9 Å². The Hall–Kier alpha value is -6.24. The van der Waals surface area contributed by atoms with E-state index in [4.69, 9.17) is 23.5 Å². The molecule has 0 N–H and O–H groups in total. The van der Waals surface area contributed by atoms with Crippen LogP contribution in [0.25, 0.3) is 72.4 Å². The summed E-state index contributed by atoms with van der Waals surface area (Å²) in [6.45, 7) is 25.2. The molecule has 5 nitrogen and oxygen atoms in total. The Morgan fingerprint density at radius 2 is 1.35 bits per heavy atom. The molecule has 6 aromatic carbocycles. The summed E-state index contributed by atoms with van der Waals surface area (Å²) in [6, 6.07) is 54.3. The predicted molar refractivity (Wildman–Crippen MR) is 298 cm³/mol. The number of para-hydroxylation sites is 1. The summed E-state index contributed by atoms with van der Waals surface area (Å²) in [6.07, 6.45) is 3.95. The second kappa shape index (κ2) is 20.1. The van der Waals surface area contributed by atoms with Gasteiger partial charge in [-0.25, -0.2) is 0 Å². The predicted octanol–water partition coefficient (Wildman–Crippen LogP) is 16.7. The molecule has 10 aromatic rings. The summed E-state index contributed by atoms with van der Waals surface area (Å²) < 4.78 is 31.6. The molecule has 0 fully saturated rings. The van der Waals surface area contributed by atoms with Crippen LogP contribution >= 0.6 is 0 Å². The zero-order chi connectivity index (χ0) is 52.2. The molecule has 71 heavy (non-hydrogen) atoms. The van der Waals surface area contributed by atoms with Crippen LogP contribution in [0.1, 0.15) is 112 Å². The number of hydrogen-bond acceptors (Lipinski definition) is 4. The van der Waals surface area contributed by atoms with Crippen LogP contribution < -0.4 is 5.19 Å². The van der Waals surface area contributed by atoms with Gasteiger partial charge in [-0.15, -0.1) is 53.6 Å². The van der Waals surface area contributed by atoms with Gasteiger partial charge in [-0.05, 0) is 80.4 Å². The van der Waals surface area contributed by atoms with Crippen LogP contribution in [0, 0.1) is 19.0 Å². The molecule has 1 radical (unpaired) electrons. The molecule has 0 aliphatic heterocycles. The number of hydrogen-bond donors (Lipinski definition) is 0. The van der Waals surface area contributed by atoms with Crippen molar-refractivity contribution >= 4 is 46.2 Å². The number of aryl methyl sites for hydroxylation is 1. The Morgan fingerprint density at radius 1 is 0.690 bits per heavy atom. The number of rotatable bonds is 9. The molecule has 0 bridgehead atoms. The summed E-state index contributed by atoms with van der Waals surface area (Å²) in [5.41, 5.74) is 15.8. The minimum absolute atomic E-state index is 0. The number of pyridine rings is 2. The van der Waals surface area contributed by atoms with Crippen LogP contribution in [0.2, 0.25) is 19.6 Å². The first-order chi connectivity index (χ1) is 34.5. The van der Waals surface area contributed by atoms with Crippen LogP contribution in [0.5, 0.6) is 0 Å². The van der Waals surface area contributed by atoms with Crippen molar-refractivity contribution in [3.8, 4) is 39.5 Å². The largest absolute Gasteiger partial charge is 0.501 e. The van der Waals surface area contributed by atoms with Gasteiger partial charge in [0.15, 0.2) is 0 Å². The van der Waals surface area contributed by atoms with Gasteiger partial charge in [-0.2, -0.15) is 0 Å². The Kier molecular flexibility index (Phi) is 13.3. The monoisotopic (exact) mass is 1130 g/mol. The number of aromatic nitrogens is 4. The Bertz CT molecular complexity index is 3570. The molecule has 10 rings (SSSR count). The first-order valence-corrected chi connectivity index (χ1v) is 28.1. The van der Waals surface area contributed by atoms with Gasteiger partial charge >= 0.3 is 0 Å². The Morgan fingerprint density at radius 3 is 1.97 bits per heavy atom. The summed E-state index contributed by atoms with van der Waals surface area (Å²) in [7, 11) is -1.63. The number of nitrogens with zero attached hydrogens (tertiary/aromatic N) is 4. The van der Waals surface area contributed by atoms with E-state index in [1.165, 1.54) is 44.3 Å². The van der Waals surface area contributed by atoms with E-state index in [0.717, 1.165) is 61.3 Å². The molecule has 4 aromatic heterocycles. The van der Waals surface area contributed by atoms with Gasteiger partial charge in [0.25, 0.3) is 0 Å². The van der Waals surface area contributed by atoms with E-state index >= 15 is 0 Å². The molecule has 0 saturated heterocycles. The van der Waals surface area contributed by atoms with Crippen LogP contribution in [-0.4, -0.2) is 27.6 Å². The molecule has 0 aliphatic carbocycles. The van der Waals surface area contributed by atoms with Gasteiger partial charge in [-0.3, -0.25) is 9.97 Å². The molecule has 0 amide bonds. The molecule has 0 saturated carbocycles. The van der Waals surface area contributed by atoms with Crippen molar-refractivity contribution < 1.29 is 28.6 Å². The van der Waals surface area contributed by atoms with Gasteiger partial charge in [0.05, 0.1) is 36.7 Å². The minimum atomic E-state index is -2.12. The number of fused-ring (bicyclic) bond motifs is 4. The number of imidazole rings is 1. The van der Waals surface area contributed by atoms with E-state index in [-0.39, 0.29) is 42.8 Å². The van der Waals surface area contributed by atoms with E-state index in [2.05, 4.69) is 196 Å². The van der Waals surface area contributed by atoms with Crippen molar-refractivity contribution in [2.45, 2.75) is 111 Å². The molecular formula is C64H66IrN4OSi-2. The molecule has 0 unspecified atom stereocenters. The fourth-order valence-corrected chi connectivity index (χ4v) is 11.2. The molecule has 363 valence electrons. The van der Waals surface area contributed by atoms with Gasteiger partial charge in [0, 0.05) is 58.0 Å². The van der Waals surface area contributed by atoms with Crippen molar-refractivity contribution in [2.24, 2.45) is 0 Å². The molecule has 7 heteroatoms. The second-order valence-corrected chi connectivity index (χ2v) is 26.8. The zero-order valence-electron chi connectivity index (χ0n) is 46.1. The molecule has 4 heterocycles. The third-order valence-corrected chi connectivity index (χ3v) is 15.6. The number of benzene rings is 6. The molecular weight excluding hydrogens is 1060 g/mol. The van der Waals surface area contributed by atoms with Crippen molar-refractivity contribution in [3.05, 3.63) is 198 Å². The number of furan rings is 1. The van der Waals surface area contributed by atoms with E-state index in [9.17, 15) is 0 Å². The summed E-state index contributed by atoms with van der Waals surface area (Å²) >= 11 is 0. The van der Waals surface area contributed by atoms with Crippen LogP contribution in [0.3, 0.4) is 0 Å². The zero-order valence-corrected chi connectivity index (χ0v) is 46.5. The third-order valence-electron chi connectivity index (χ3n) is 13.6. The Labute approximate surface area is 440 Å². The Balaban J connectivity index is 0.000000212. The first-order valence-electron chi connectivity index (χ1n) is 26.1. The van der Waals surface area contributed by atoms with E-state index in [0.29, 0.717) is 5.56 Å². The van der Waals surface area contributed by atoms with E-state index < -0.39 is 14.9 Å². The molecule has 0 spiro atoms. The van der Waals surface area contributed by atoms with Crippen LogP contribution in [0.15, 0.2) is 156 Å². The SMILES string of the molecule is CC(C)c1cc(-c2ccccc2)cc(C(C)C)c1-n1c(-c2[c-]ccc3c2oc2ccccc23)nc2cnc(C(C)(C)C)cc21.[2H]C([2H])([2H])c1c[c-]c(-c2cc(C(C)(C)c3ccccc3)c([Si](C)(C)C)cn2)cc1.[Ir]. The fourth-order valence-electron chi connectivity index (χ4n) is 9.57. The van der Waals surface area contributed by atoms with Crippen LogP contribution in [0.4, 0.5) is 0 Å². The van der Waals surface area contributed by atoms with Gasteiger partial charge < -0.3 is 14.0 Å². The summed E-state index contributed by atoms with van der Waals surface area (Å²) in [5.74, 6) is 1.35. The van der Waals surface area contributed by atoms with Crippen molar-refractivity contribution in [2.75, 3.05) is 0 Å². The summed E-state index contributed by atoms with van der Waals surface area (Å²) in [5, 5.41) is 3.50. The standard InChI is InChI=1S/C40H38N3O.C24H28NSi.Ir/c1-24(2)31-20-27(26-14-9-8-10-15-26)21-32(25(3)4)37(31)43-34-22-36(40(5,6)7)41-23-33(34)42-39(43)30-18-13-17-29-28-16-11-12-19-35(28)44-38(29)30;1-18-12-14-19(15-13-18)22-16-21(23(17-25-22)26(4,5)6)24(2,3)20-10-8-7-9-11-20;/h8-17,19-25H,1-7H3;7-14,16-17H,1-6H3;/q2*-1;/i;1D3;. The first kappa shape index (κ1) is 47.1. The van der Waals surface area contributed by atoms with Gasteiger partial charge in [-0.1, -0.05) is 185 Å². The van der Waals surface area contributed by atoms with E-state index in [1.54, 1.807) is 18.2 Å². The quantitative estimate of drug-likeness (QED) is 0.107. The average Bonchev–Trinajstić information content (AvgIpc) is 3.94.